The van der Waals surface area contributed by atoms with E-state index in [4.69, 9.17) is 11.6 Å². The van der Waals surface area contributed by atoms with Crippen LogP contribution >= 0.6 is 11.6 Å². The molecule has 122 valence electrons. The van der Waals surface area contributed by atoms with Crippen molar-refractivity contribution in [2.24, 2.45) is 0 Å². The highest BCUT2D eigenvalue weighted by Gasteiger charge is 2.10. The van der Waals surface area contributed by atoms with Gasteiger partial charge in [-0.15, -0.1) is 0 Å². The number of carbonyl (C=O) groups excluding carboxylic acids is 1. The number of rotatable bonds is 6. The molecule has 0 aliphatic heterocycles. The SMILES string of the molecule is CNS(=O)(=O)c1ccc(CCC(=O)Nc2ccc(Cl)cc2)cc1. The van der Waals surface area contributed by atoms with Crippen LogP contribution in [-0.2, 0) is 21.2 Å². The maximum atomic E-state index is 11.9. The topological polar surface area (TPSA) is 75.3 Å². The van der Waals surface area contributed by atoms with Crippen molar-refractivity contribution in [3.63, 3.8) is 0 Å². The molecule has 0 heterocycles. The number of nitrogens with one attached hydrogen (secondary N) is 2. The highest BCUT2D eigenvalue weighted by atomic mass is 35.5. The zero-order valence-corrected chi connectivity index (χ0v) is 14.1. The predicted molar refractivity (Wildman–Crippen MR) is 91.1 cm³/mol. The minimum atomic E-state index is -3.43. The van der Waals surface area contributed by atoms with Crippen molar-refractivity contribution in [2.45, 2.75) is 17.7 Å². The zero-order valence-electron chi connectivity index (χ0n) is 12.5. The van der Waals surface area contributed by atoms with Gasteiger partial charge in [0.15, 0.2) is 0 Å². The lowest BCUT2D eigenvalue weighted by atomic mass is 10.1. The fraction of sp³-hybridized carbons (Fsp3) is 0.188. The molecule has 0 atom stereocenters. The molecule has 0 radical (unpaired) electrons. The van der Waals surface area contributed by atoms with Crippen molar-refractivity contribution in [3.05, 3.63) is 59.1 Å². The molecule has 5 nitrogen and oxygen atoms in total. The van der Waals surface area contributed by atoms with Crippen LogP contribution in [0, 0.1) is 0 Å². The van der Waals surface area contributed by atoms with Gasteiger partial charge in [0, 0.05) is 17.1 Å². The first-order valence-corrected chi connectivity index (χ1v) is 8.85. The maximum absolute atomic E-state index is 11.9. The number of hydrogen-bond donors (Lipinski definition) is 2. The Morgan fingerprint density at radius 3 is 2.22 bits per heavy atom. The van der Waals surface area contributed by atoms with E-state index in [1.165, 1.54) is 19.2 Å². The first kappa shape index (κ1) is 17.5. The van der Waals surface area contributed by atoms with Crippen molar-refractivity contribution < 1.29 is 13.2 Å². The summed E-state index contributed by atoms with van der Waals surface area (Å²) in [6.45, 7) is 0. The molecule has 0 aromatic heterocycles. The maximum Gasteiger partial charge on any atom is 0.240 e. The molecule has 2 N–H and O–H groups in total. The van der Waals surface area contributed by atoms with Gasteiger partial charge in [-0.3, -0.25) is 4.79 Å². The van der Waals surface area contributed by atoms with E-state index in [2.05, 4.69) is 10.0 Å². The van der Waals surface area contributed by atoms with Crippen LogP contribution in [0.15, 0.2) is 53.4 Å². The van der Waals surface area contributed by atoms with Gasteiger partial charge in [-0.2, -0.15) is 0 Å². The second-order valence-electron chi connectivity index (χ2n) is 4.91. The summed E-state index contributed by atoms with van der Waals surface area (Å²) in [5.74, 6) is -0.112. The number of sulfonamides is 1. The van der Waals surface area contributed by atoms with Crippen LogP contribution in [0.2, 0.25) is 5.02 Å². The van der Waals surface area contributed by atoms with Crippen molar-refractivity contribution in [3.8, 4) is 0 Å². The first-order valence-electron chi connectivity index (χ1n) is 6.98. The van der Waals surface area contributed by atoms with Gasteiger partial charge in [0.25, 0.3) is 0 Å². The molecular formula is C16H17ClN2O3S. The summed E-state index contributed by atoms with van der Waals surface area (Å²) in [7, 11) is -2.07. The monoisotopic (exact) mass is 352 g/mol. The van der Waals surface area contributed by atoms with Gasteiger partial charge in [-0.25, -0.2) is 13.1 Å². The summed E-state index contributed by atoms with van der Waals surface area (Å²) in [6.07, 6.45) is 0.833. The van der Waals surface area contributed by atoms with Crippen LogP contribution in [0.5, 0.6) is 0 Å². The van der Waals surface area contributed by atoms with Crippen LogP contribution in [-0.4, -0.2) is 21.4 Å². The Morgan fingerprint density at radius 2 is 1.65 bits per heavy atom. The molecule has 0 spiro atoms. The fourth-order valence-electron chi connectivity index (χ4n) is 1.97. The molecule has 2 aromatic carbocycles. The number of halogens is 1. The number of hydrogen-bond acceptors (Lipinski definition) is 3. The van der Waals surface area contributed by atoms with Gasteiger partial charge in [0.2, 0.25) is 15.9 Å². The van der Waals surface area contributed by atoms with Crippen LogP contribution in [0.25, 0.3) is 0 Å². The Balaban J connectivity index is 1.90. The molecule has 0 fully saturated rings. The lowest BCUT2D eigenvalue weighted by molar-refractivity contribution is -0.116. The molecular weight excluding hydrogens is 336 g/mol. The molecule has 0 aliphatic carbocycles. The molecule has 7 heteroatoms. The normalized spacial score (nSPS) is 11.2. The van der Waals surface area contributed by atoms with Gasteiger partial charge >= 0.3 is 0 Å². The van der Waals surface area contributed by atoms with E-state index >= 15 is 0 Å². The average Bonchev–Trinajstić information content (AvgIpc) is 2.55. The second-order valence-corrected chi connectivity index (χ2v) is 7.23. The van der Waals surface area contributed by atoms with Gasteiger partial charge in [-0.1, -0.05) is 23.7 Å². The summed E-state index contributed by atoms with van der Waals surface area (Å²) < 4.78 is 25.5. The first-order chi connectivity index (χ1) is 10.9. The Labute approximate surface area is 140 Å². The minimum Gasteiger partial charge on any atom is -0.326 e. The summed E-state index contributed by atoms with van der Waals surface area (Å²) >= 11 is 5.78. The van der Waals surface area contributed by atoms with E-state index in [9.17, 15) is 13.2 Å². The number of carbonyl (C=O) groups is 1. The molecule has 0 unspecified atom stereocenters. The Hall–Kier alpha value is -1.89. The lowest BCUT2D eigenvalue weighted by Crippen LogP contribution is -2.18. The Kier molecular flexibility index (Phi) is 5.76. The predicted octanol–water partition coefficient (Wildman–Crippen LogP) is 2.82. The van der Waals surface area contributed by atoms with E-state index < -0.39 is 10.0 Å². The van der Waals surface area contributed by atoms with E-state index in [-0.39, 0.29) is 10.8 Å². The highest BCUT2D eigenvalue weighted by Crippen LogP contribution is 2.15. The third-order valence-corrected chi connectivity index (χ3v) is 4.95. The van der Waals surface area contributed by atoms with E-state index in [0.29, 0.717) is 23.6 Å². The molecule has 0 saturated heterocycles. The third-order valence-electron chi connectivity index (χ3n) is 3.27. The highest BCUT2D eigenvalue weighted by molar-refractivity contribution is 7.89. The minimum absolute atomic E-state index is 0.112. The van der Waals surface area contributed by atoms with Crippen molar-refractivity contribution in [1.29, 1.82) is 0 Å². The van der Waals surface area contributed by atoms with Crippen LogP contribution in [0.4, 0.5) is 5.69 Å². The fourth-order valence-corrected chi connectivity index (χ4v) is 2.82. The van der Waals surface area contributed by atoms with Gasteiger partial charge in [0.1, 0.15) is 0 Å². The van der Waals surface area contributed by atoms with Gasteiger partial charge < -0.3 is 5.32 Å². The molecule has 2 aromatic rings. The summed E-state index contributed by atoms with van der Waals surface area (Å²) in [6, 6.07) is 13.3. The molecule has 1 amide bonds. The molecule has 0 aliphatic rings. The Bertz CT molecular complexity index is 772. The van der Waals surface area contributed by atoms with Crippen molar-refractivity contribution in [2.75, 3.05) is 12.4 Å². The van der Waals surface area contributed by atoms with Gasteiger partial charge in [-0.05, 0) is 55.4 Å². The van der Waals surface area contributed by atoms with Crippen LogP contribution in [0.1, 0.15) is 12.0 Å². The molecule has 0 bridgehead atoms. The average molecular weight is 353 g/mol. The molecule has 2 rings (SSSR count). The van der Waals surface area contributed by atoms with Crippen LogP contribution < -0.4 is 10.0 Å². The summed E-state index contributed by atoms with van der Waals surface area (Å²) in [4.78, 5) is 12.1. The largest absolute Gasteiger partial charge is 0.326 e. The lowest BCUT2D eigenvalue weighted by Gasteiger charge is -2.06. The zero-order chi connectivity index (χ0) is 16.9. The van der Waals surface area contributed by atoms with Crippen LogP contribution in [0.3, 0.4) is 0 Å². The van der Waals surface area contributed by atoms with E-state index in [0.717, 1.165) is 5.56 Å². The van der Waals surface area contributed by atoms with E-state index in [1.807, 2.05) is 0 Å². The molecule has 23 heavy (non-hydrogen) atoms. The number of aryl methyl sites for hydroxylation is 1. The number of benzene rings is 2. The van der Waals surface area contributed by atoms with Crippen molar-refractivity contribution >= 4 is 33.2 Å². The second kappa shape index (κ2) is 7.59. The van der Waals surface area contributed by atoms with Gasteiger partial charge in [0.05, 0.1) is 4.90 Å². The quantitative estimate of drug-likeness (QED) is 0.839. The smallest absolute Gasteiger partial charge is 0.240 e. The third kappa shape index (κ3) is 5.06. The summed E-state index contributed by atoms with van der Waals surface area (Å²) in [5.41, 5.74) is 1.58. The Morgan fingerprint density at radius 1 is 1.04 bits per heavy atom. The number of amides is 1. The number of anilines is 1. The molecule has 0 saturated carbocycles. The van der Waals surface area contributed by atoms with Crippen molar-refractivity contribution in [1.82, 2.24) is 4.72 Å². The van der Waals surface area contributed by atoms with E-state index in [1.54, 1.807) is 36.4 Å². The standard InChI is InChI=1S/C16H17ClN2O3S/c1-18-23(21,22)15-9-2-12(3-10-15)4-11-16(20)19-14-7-5-13(17)6-8-14/h2-3,5-10,18H,4,11H2,1H3,(H,19,20). The summed E-state index contributed by atoms with van der Waals surface area (Å²) in [5, 5.41) is 3.39.